The maximum Gasteiger partial charge on any atom is -0.0607 e. The van der Waals surface area contributed by atoms with E-state index < -0.39 is 0 Å². The van der Waals surface area contributed by atoms with Gasteiger partial charge in [-0.05, 0) is 0 Å². The Morgan fingerprint density at radius 3 is 1.54 bits per heavy atom. The molecule has 1 heterocycles. The summed E-state index contributed by atoms with van der Waals surface area (Å²) in [6.45, 7) is 10.6. The van der Waals surface area contributed by atoms with Gasteiger partial charge in [0.25, 0.3) is 0 Å². The fourth-order valence-electron chi connectivity index (χ4n) is 0.594. The van der Waals surface area contributed by atoms with Gasteiger partial charge in [-0.3, -0.25) is 0 Å². The van der Waals surface area contributed by atoms with E-state index in [-0.39, 0.29) is 0 Å². The Labute approximate surface area is 92.4 Å². The van der Waals surface area contributed by atoms with Gasteiger partial charge in [-0.1, -0.05) is 26.0 Å². The van der Waals surface area contributed by atoms with Crippen LogP contribution in [0.1, 0.15) is 32.2 Å². The second-order valence-corrected chi connectivity index (χ2v) is 5.06. The van der Waals surface area contributed by atoms with Crippen LogP contribution in [0.5, 0.6) is 0 Å². The first kappa shape index (κ1) is 12.8. The summed E-state index contributed by atoms with van der Waals surface area (Å²) in [6.07, 6.45) is 0. The monoisotopic (exact) mass is 348 g/mol. The summed E-state index contributed by atoms with van der Waals surface area (Å²) in [5.41, 5.74) is 2.67. The third-order valence-electron chi connectivity index (χ3n) is 1.27. The minimum absolute atomic E-state index is 0.454. The molecule has 0 unspecified atom stereocenters. The first-order valence-electron chi connectivity index (χ1n) is 4.38. The third-order valence-corrected chi connectivity index (χ3v) is 3.81. The molecule has 0 aromatic carbocycles. The number of rotatable bonds is 0. The summed E-state index contributed by atoms with van der Waals surface area (Å²) in [7, 11) is 0. The van der Waals surface area contributed by atoms with Gasteiger partial charge in [0.2, 0.25) is 0 Å². The van der Waals surface area contributed by atoms with Gasteiger partial charge in [0, 0.05) is 0 Å². The Morgan fingerprint density at radius 2 is 1.46 bits per heavy atom. The fraction of sp³-hybridized carbons (Fsp3) is 0.545. The summed E-state index contributed by atoms with van der Waals surface area (Å²) in [5.74, 6) is 0. The van der Waals surface area contributed by atoms with E-state index in [0.717, 1.165) is 11.4 Å². The summed E-state index contributed by atoms with van der Waals surface area (Å²) in [6, 6.07) is 4.02. The van der Waals surface area contributed by atoms with Crippen molar-refractivity contribution >= 4 is 4.40 Å². The first-order chi connectivity index (χ1) is 5.85. The van der Waals surface area contributed by atoms with E-state index in [1.807, 2.05) is 26.0 Å². The quantitative estimate of drug-likeness (QED) is 0.703. The van der Waals surface area contributed by atoms with Crippen molar-refractivity contribution in [1.82, 2.24) is 4.98 Å². The van der Waals surface area contributed by atoms with Crippen molar-refractivity contribution in [3.63, 3.8) is 0 Å². The molecule has 2 heteroatoms. The fourth-order valence-corrected chi connectivity index (χ4v) is 0.594. The summed E-state index contributed by atoms with van der Waals surface area (Å²) in [4.78, 5) is 4.11. The maximum atomic E-state index is 4.11. The molecular formula is C11H18NW-. The Kier molecular flexibility index (Phi) is 5.47. The molecule has 0 atom stereocenters. The van der Waals surface area contributed by atoms with Crippen molar-refractivity contribution in [2.75, 3.05) is 0 Å². The largest absolute Gasteiger partial charge is 0.665 e. The van der Waals surface area contributed by atoms with E-state index in [2.05, 4.69) is 30.2 Å². The molecule has 1 aromatic rings. The van der Waals surface area contributed by atoms with Crippen LogP contribution in [-0.2, 0) is 19.4 Å². The number of nitrogens with zero attached hydrogens (tertiary/aromatic N) is 1. The molecule has 74 valence electrons. The molecular weight excluding hydrogens is 330 g/mol. The van der Waals surface area contributed by atoms with Crippen molar-refractivity contribution in [2.45, 2.75) is 34.6 Å². The Morgan fingerprint density at radius 1 is 1.15 bits per heavy atom. The number of hydrogen-bond acceptors (Lipinski definition) is 0. The molecule has 1 nitrogen and oxygen atoms in total. The molecule has 0 amide bonds. The summed E-state index contributed by atoms with van der Waals surface area (Å²) >= 11 is 1.57. The molecule has 0 saturated heterocycles. The molecule has 13 heavy (non-hydrogen) atoms. The smallest absolute Gasteiger partial charge is 0.0607 e. The Balaban J connectivity index is 0.000000226. The Bertz CT molecular complexity index is 239. The molecule has 0 fully saturated rings. The number of aryl methyl sites for hydroxylation is 2. The molecule has 0 saturated carbocycles. The molecule has 0 spiro atoms. The topological polar surface area (TPSA) is 14.1 Å². The van der Waals surface area contributed by atoms with E-state index in [0.29, 0.717) is 5.41 Å². The molecule has 0 bridgehead atoms. The molecule has 1 aromatic heterocycles. The zero-order valence-electron chi connectivity index (χ0n) is 9.09. The predicted molar refractivity (Wildman–Crippen MR) is 54.8 cm³/mol. The van der Waals surface area contributed by atoms with Gasteiger partial charge in [-0.2, -0.15) is 11.4 Å². The molecule has 1 rings (SSSR count). The summed E-state index contributed by atoms with van der Waals surface area (Å²) < 4.78 is 2.27. The molecule has 0 N–H and O–H groups in total. The van der Waals surface area contributed by atoms with Gasteiger partial charge in [-0.15, -0.1) is 0 Å². The van der Waals surface area contributed by atoms with Gasteiger partial charge >= 0.3 is 49.9 Å². The van der Waals surface area contributed by atoms with Crippen LogP contribution >= 0.6 is 0 Å². The van der Waals surface area contributed by atoms with Crippen LogP contribution in [0.3, 0.4) is 0 Å². The van der Waals surface area contributed by atoms with Gasteiger partial charge in [0.05, 0.1) is 0 Å². The zero-order valence-corrected chi connectivity index (χ0v) is 12.0. The minimum atomic E-state index is 0.454. The Hall–Kier alpha value is -0.162. The standard InChI is InChI=1S/C6H8N.C5H10.W/c1-5-3-4-6(2)7-5;1-5(2,3)4;/h3-4H,1-2H3;1H,2-4H3;/q-1;;. The SMILES string of the molecule is CC(C)(C)[CH]=[W].Cc1ccc(C)[n-]1. The first-order valence-corrected chi connectivity index (χ1v) is 6.08. The summed E-state index contributed by atoms with van der Waals surface area (Å²) in [5, 5.41) is 0. The van der Waals surface area contributed by atoms with E-state index in [4.69, 9.17) is 0 Å². The molecule has 0 aliphatic carbocycles. The molecule has 0 aliphatic heterocycles. The van der Waals surface area contributed by atoms with E-state index >= 15 is 0 Å². The second kappa shape index (κ2) is 5.54. The minimum Gasteiger partial charge on any atom is -0.665 e. The van der Waals surface area contributed by atoms with Crippen molar-refractivity contribution in [3.8, 4) is 0 Å². The molecule has 0 aliphatic rings. The van der Waals surface area contributed by atoms with Crippen LogP contribution < -0.4 is 4.98 Å². The van der Waals surface area contributed by atoms with Crippen molar-refractivity contribution in [3.05, 3.63) is 23.5 Å². The van der Waals surface area contributed by atoms with Gasteiger partial charge < -0.3 is 4.98 Å². The average molecular weight is 348 g/mol. The van der Waals surface area contributed by atoms with E-state index in [1.165, 1.54) is 0 Å². The third kappa shape index (κ3) is 8.18. The van der Waals surface area contributed by atoms with Crippen molar-refractivity contribution in [1.29, 1.82) is 0 Å². The zero-order chi connectivity index (χ0) is 10.5. The van der Waals surface area contributed by atoms with Crippen LogP contribution in [0.2, 0.25) is 0 Å². The van der Waals surface area contributed by atoms with Gasteiger partial charge in [-0.25, -0.2) is 0 Å². The van der Waals surface area contributed by atoms with Crippen LogP contribution in [0.4, 0.5) is 0 Å². The average Bonchev–Trinajstić information content (AvgIpc) is 2.34. The van der Waals surface area contributed by atoms with Crippen LogP contribution in [0, 0.1) is 19.3 Å². The van der Waals surface area contributed by atoms with Crippen molar-refractivity contribution in [2.24, 2.45) is 5.41 Å². The van der Waals surface area contributed by atoms with Crippen LogP contribution in [0.15, 0.2) is 12.1 Å². The van der Waals surface area contributed by atoms with Gasteiger partial charge in [0.1, 0.15) is 0 Å². The van der Waals surface area contributed by atoms with Crippen molar-refractivity contribution < 1.29 is 19.4 Å². The maximum absolute atomic E-state index is 4.11. The normalized spacial score (nSPS) is 10.2. The van der Waals surface area contributed by atoms with Crippen LogP contribution in [0.25, 0.3) is 0 Å². The number of aromatic nitrogens is 1. The second-order valence-electron chi connectivity index (χ2n) is 4.21. The van der Waals surface area contributed by atoms with Crippen LogP contribution in [-0.4, -0.2) is 4.40 Å². The van der Waals surface area contributed by atoms with Gasteiger partial charge in [0.15, 0.2) is 0 Å². The molecule has 0 radical (unpaired) electrons. The number of hydrogen-bond donors (Lipinski definition) is 0. The predicted octanol–water partition coefficient (Wildman–Crippen LogP) is 2.64. The van der Waals surface area contributed by atoms with E-state index in [1.54, 1.807) is 19.4 Å². The van der Waals surface area contributed by atoms with E-state index in [9.17, 15) is 0 Å².